The van der Waals surface area contributed by atoms with Gasteiger partial charge in [-0.2, -0.15) is 0 Å². The van der Waals surface area contributed by atoms with Gasteiger partial charge in [0, 0.05) is 50.6 Å². The number of rotatable bonds is 7. The van der Waals surface area contributed by atoms with Crippen LogP contribution in [0.4, 0.5) is 0 Å². The molecule has 2 aromatic carbocycles. The molecule has 3 amide bonds. The number of carbonyl (C=O) groups is 3. The lowest BCUT2D eigenvalue weighted by molar-refractivity contribution is -0.140. The lowest BCUT2D eigenvalue weighted by atomic mass is 9.93. The molecule has 184 valence electrons. The topological polar surface area (TPSA) is 69.7 Å². The summed E-state index contributed by atoms with van der Waals surface area (Å²) in [5.74, 6) is 0.264. The minimum Gasteiger partial charge on any atom is -0.353 e. The second kappa shape index (κ2) is 12.3. The highest BCUT2D eigenvalue weighted by Gasteiger charge is 2.32. The van der Waals surface area contributed by atoms with Gasteiger partial charge < -0.3 is 15.1 Å². The van der Waals surface area contributed by atoms with Crippen LogP contribution in [0, 0.1) is 5.92 Å². The van der Waals surface area contributed by atoms with E-state index in [2.05, 4.69) is 5.32 Å². The number of nitrogens with zero attached hydrogens (tertiary/aromatic N) is 2. The van der Waals surface area contributed by atoms with Crippen LogP contribution >= 0.6 is 0 Å². The van der Waals surface area contributed by atoms with E-state index in [0.29, 0.717) is 45.4 Å². The molecular weight excluding hydrogens is 438 g/mol. The van der Waals surface area contributed by atoms with Gasteiger partial charge >= 0.3 is 0 Å². The molecule has 0 saturated carbocycles. The Balaban J connectivity index is 1.15. The summed E-state index contributed by atoms with van der Waals surface area (Å²) in [6, 6.07) is 20.0. The van der Waals surface area contributed by atoms with Crippen molar-refractivity contribution in [2.24, 2.45) is 5.92 Å². The third kappa shape index (κ3) is 7.28. The van der Waals surface area contributed by atoms with Crippen molar-refractivity contribution in [3.05, 3.63) is 77.9 Å². The first-order valence-corrected chi connectivity index (χ1v) is 12.7. The zero-order valence-corrected chi connectivity index (χ0v) is 20.3. The van der Waals surface area contributed by atoms with Crippen LogP contribution in [0.15, 0.2) is 66.7 Å². The molecule has 4 rings (SSSR count). The SMILES string of the molecule is O=C(CCc1ccccc1)NC1CCN(C(=O)C2CCN(C(=O)C=Cc3ccccc3)CC2)CC1. The number of aryl methyl sites for hydroxylation is 1. The predicted octanol–water partition coefficient (Wildman–Crippen LogP) is 3.68. The number of benzene rings is 2. The highest BCUT2D eigenvalue weighted by atomic mass is 16.2. The van der Waals surface area contributed by atoms with E-state index in [0.717, 1.165) is 24.8 Å². The minimum absolute atomic E-state index is 0.00331. The van der Waals surface area contributed by atoms with Crippen molar-refractivity contribution < 1.29 is 14.4 Å². The molecule has 2 heterocycles. The Hall–Kier alpha value is -3.41. The molecule has 0 radical (unpaired) electrons. The first kappa shape index (κ1) is 24.7. The zero-order valence-electron chi connectivity index (χ0n) is 20.3. The molecule has 1 N–H and O–H groups in total. The molecule has 2 aliphatic rings. The first-order chi connectivity index (χ1) is 17.1. The zero-order chi connectivity index (χ0) is 24.5. The summed E-state index contributed by atoms with van der Waals surface area (Å²) >= 11 is 0. The van der Waals surface area contributed by atoms with Crippen LogP contribution in [0.1, 0.15) is 43.2 Å². The van der Waals surface area contributed by atoms with Gasteiger partial charge in [-0.05, 0) is 49.3 Å². The van der Waals surface area contributed by atoms with Gasteiger partial charge in [-0.3, -0.25) is 14.4 Å². The maximum absolute atomic E-state index is 13.0. The van der Waals surface area contributed by atoms with Crippen molar-refractivity contribution in [3.8, 4) is 0 Å². The number of likely N-dealkylation sites (tertiary alicyclic amines) is 2. The van der Waals surface area contributed by atoms with E-state index < -0.39 is 0 Å². The summed E-state index contributed by atoms with van der Waals surface area (Å²) in [6.07, 6.45) is 7.70. The molecule has 35 heavy (non-hydrogen) atoms. The fourth-order valence-corrected chi connectivity index (χ4v) is 4.89. The molecule has 0 spiro atoms. The van der Waals surface area contributed by atoms with Crippen LogP contribution in [0.2, 0.25) is 0 Å². The van der Waals surface area contributed by atoms with Crippen molar-refractivity contribution in [3.63, 3.8) is 0 Å². The molecule has 2 aliphatic heterocycles. The Morgan fingerprint density at radius 2 is 1.40 bits per heavy atom. The van der Waals surface area contributed by atoms with Gasteiger partial charge in [0.25, 0.3) is 0 Å². The monoisotopic (exact) mass is 473 g/mol. The maximum Gasteiger partial charge on any atom is 0.246 e. The van der Waals surface area contributed by atoms with Crippen molar-refractivity contribution in [2.45, 2.75) is 44.6 Å². The highest BCUT2D eigenvalue weighted by molar-refractivity contribution is 5.92. The number of carbonyl (C=O) groups excluding carboxylic acids is 3. The Morgan fingerprint density at radius 1 is 0.800 bits per heavy atom. The van der Waals surface area contributed by atoms with E-state index >= 15 is 0 Å². The van der Waals surface area contributed by atoms with Crippen molar-refractivity contribution >= 4 is 23.8 Å². The smallest absolute Gasteiger partial charge is 0.246 e. The summed E-state index contributed by atoms with van der Waals surface area (Å²) in [7, 11) is 0. The Kier molecular flexibility index (Phi) is 8.71. The van der Waals surface area contributed by atoms with E-state index in [1.807, 2.05) is 76.5 Å². The number of piperidine rings is 2. The summed E-state index contributed by atoms with van der Waals surface area (Å²) in [6.45, 7) is 2.59. The minimum atomic E-state index is -0.0193. The lowest BCUT2D eigenvalue weighted by Crippen LogP contribution is -2.49. The van der Waals surface area contributed by atoms with Crippen LogP contribution in [0.3, 0.4) is 0 Å². The summed E-state index contributed by atoms with van der Waals surface area (Å²) < 4.78 is 0. The van der Waals surface area contributed by atoms with Gasteiger partial charge in [-0.15, -0.1) is 0 Å². The second-order valence-electron chi connectivity index (χ2n) is 9.50. The lowest BCUT2D eigenvalue weighted by Gasteiger charge is -2.37. The molecule has 0 unspecified atom stereocenters. The molecule has 0 aliphatic carbocycles. The number of nitrogens with one attached hydrogen (secondary N) is 1. The molecule has 0 bridgehead atoms. The van der Waals surface area contributed by atoms with Gasteiger partial charge in [0.15, 0.2) is 0 Å². The number of amides is 3. The fourth-order valence-electron chi connectivity index (χ4n) is 4.89. The molecular formula is C29H35N3O3. The van der Waals surface area contributed by atoms with E-state index in [1.165, 1.54) is 5.56 Å². The number of hydrogen-bond acceptors (Lipinski definition) is 3. The standard InChI is InChI=1S/C29H35N3O3/c33-27(13-11-23-7-3-1-4-8-23)30-26-17-21-32(22-18-26)29(35)25-15-19-31(20-16-25)28(34)14-12-24-9-5-2-6-10-24/h1-10,12,14,25-26H,11,13,15-22H2,(H,30,33). The molecule has 6 nitrogen and oxygen atoms in total. The van der Waals surface area contributed by atoms with E-state index in [1.54, 1.807) is 6.08 Å². The fraction of sp³-hybridized carbons (Fsp3) is 0.414. The quantitative estimate of drug-likeness (QED) is 0.624. The Labute approximate surface area is 208 Å². The van der Waals surface area contributed by atoms with E-state index in [9.17, 15) is 14.4 Å². The normalized spacial score (nSPS) is 17.5. The average molecular weight is 474 g/mol. The molecule has 2 saturated heterocycles. The van der Waals surface area contributed by atoms with Crippen molar-refractivity contribution in [1.29, 1.82) is 0 Å². The summed E-state index contributed by atoms with van der Waals surface area (Å²) in [4.78, 5) is 41.7. The van der Waals surface area contributed by atoms with E-state index in [-0.39, 0.29) is 29.7 Å². The van der Waals surface area contributed by atoms with Crippen molar-refractivity contribution in [1.82, 2.24) is 15.1 Å². The van der Waals surface area contributed by atoms with Gasteiger partial charge in [0.2, 0.25) is 17.7 Å². The largest absolute Gasteiger partial charge is 0.353 e. The second-order valence-corrected chi connectivity index (χ2v) is 9.50. The Bertz CT molecular complexity index is 1010. The molecule has 2 fully saturated rings. The van der Waals surface area contributed by atoms with Gasteiger partial charge in [0.05, 0.1) is 0 Å². The summed E-state index contributed by atoms with van der Waals surface area (Å²) in [5, 5.41) is 3.14. The predicted molar refractivity (Wildman–Crippen MR) is 137 cm³/mol. The third-order valence-electron chi connectivity index (χ3n) is 7.03. The van der Waals surface area contributed by atoms with Crippen molar-refractivity contribution in [2.75, 3.05) is 26.2 Å². The van der Waals surface area contributed by atoms with Gasteiger partial charge in [0.1, 0.15) is 0 Å². The molecule has 0 aromatic heterocycles. The Morgan fingerprint density at radius 3 is 2.06 bits per heavy atom. The number of hydrogen-bond donors (Lipinski definition) is 1. The first-order valence-electron chi connectivity index (χ1n) is 12.7. The summed E-state index contributed by atoms with van der Waals surface area (Å²) in [5.41, 5.74) is 2.17. The molecule has 0 atom stereocenters. The van der Waals surface area contributed by atoms with Crippen LogP contribution < -0.4 is 5.32 Å². The highest BCUT2D eigenvalue weighted by Crippen LogP contribution is 2.22. The third-order valence-corrected chi connectivity index (χ3v) is 7.03. The van der Waals surface area contributed by atoms with Crippen LogP contribution in [0.5, 0.6) is 0 Å². The molecule has 2 aromatic rings. The van der Waals surface area contributed by atoms with Crippen LogP contribution in [-0.4, -0.2) is 59.7 Å². The molecule has 6 heteroatoms. The van der Waals surface area contributed by atoms with Crippen LogP contribution in [0.25, 0.3) is 6.08 Å². The average Bonchev–Trinajstić information content (AvgIpc) is 2.92. The van der Waals surface area contributed by atoms with E-state index in [4.69, 9.17) is 0 Å². The van der Waals surface area contributed by atoms with Gasteiger partial charge in [-0.1, -0.05) is 60.7 Å². The van der Waals surface area contributed by atoms with Gasteiger partial charge in [-0.25, -0.2) is 0 Å². The maximum atomic E-state index is 13.0. The van der Waals surface area contributed by atoms with Crippen LogP contribution in [-0.2, 0) is 20.8 Å².